The zero-order valence-electron chi connectivity index (χ0n) is 18.5. The number of nitrogens with zero attached hydrogens (tertiary/aromatic N) is 3. The Labute approximate surface area is 189 Å². The van der Waals surface area contributed by atoms with Crippen molar-refractivity contribution in [1.29, 1.82) is 0 Å². The van der Waals surface area contributed by atoms with E-state index in [2.05, 4.69) is 53.6 Å². The van der Waals surface area contributed by atoms with E-state index >= 15 is 0 Å². The first-order valence-corrected chi connectivity index (χ1v) is 11.6. The van der Waals surface area contributed by atoms with Crippen LogP contribution >= 0.6 is 11.9 Å². The molecular weight excluding hydrogens is 405 g/mol. The molecule has 1 unspecified atom stereocenters. The highest BCUT2D eigenvalue weighted by molar-refractivity contribution is 8.01. The average Bonchev–Trinajstić information content (AvgIpc) is 3.01. The van der Waals surface area contributed by atoms with Crippen molar-refractivity contribution >= 4 is 23.7 Å². The van der Waals surface area contributed by atoms with Crippen LogP contribution in [0.4, 0.5) is 4.39 Å². The lowest BCUT2D eigenvalue weighted by Crippen LogP contribution is -2.42. The molecule has 1 aromatic heterocycles. The molecule has 5 heteroatoms. The first kappa shape index (κ1) is 21.8. The fraction of sp³-hybridized carbons (Fsp3) is 0.346. The largest absolute Gasteiger partial charge is 0.245 e. The number of halogens is 1. The summed E-state index contributed by atoms with van der Waals surface area (Å²) in [7, 11) is 0. The van der Waals surface area contributed by atoms with Gasteiger partial charge in [0.2, 0.25) is 0 Å². The zero-order chi connectivity index (χ0) is 21.8. The van der Waals surface area contributed by atoms with Gasteiger partial charge in [0, 0.05) is 23.4 Å². The van der Waals surface area contributed by atoms with Gasteiger partial charge >= 0.3 is 0 Å². The molecule has 0 N–H and O–H groups in total. The van der Waals surface area contributed by atoms with Crippen LogP contribution in [0.2, 0.25) is 0 Å². The second-order valence-corrected chi connectivity index (χ2v) is 9.85. The molecular formula is C26H30FN3S. The van der Waals surface area contributed by atoms with Crippen LogP contribution in [0.5, 0.6) is 0 Å². The average molecular weight is 436 g/mol. The van der Waals surface area contributed by atoms with Crippen LogP contribution in [-0.2, 0) is 6.42 Å². The second-order valence-electron chi connectivity index (χ2n) is 8.68. The van der Waals surface area contributed by atoms with E-state index in [1.54, 1.807) is 6.08 Å². The predicted octanol–water partition coefficient (Wildman–Crippen LogP) is 6.87. The topological polar surface area (TPSA) is 21.1 Å². The van der Waals surface area contributed by atoms with Crippen LogP contribution in [0.15, 0.2) is 77.2 Å². The van der Waals surface area contributed by atoms with Crippen LogP contribution in [0.1, 0.15) is 44.9 Å². The summed E-state index contributed by atoms with van der Waals surface area (Å²) in [6.45, 7) is 8.59. The van der Waals surface area contributed by atoms with Gasteiger partial charge in [-0.25, -0.2) is 13.4 Å². The maximum Gasteiger partial charge on any atom is 0.0867 e. The Hall–Kier alpha value is -2.37. The van der Waals surface area contributed by atoms with Crippen LogP contribution in [-0.4, -0.2) is 27.2 Å². The van der Waals surface area contributed by atoms with Crippen molar-refractivity contribution in [2.45, 2.75) is 40.0 Å². The summed E-state index contributed by atoms with van der Waals surface area (Å²) in [5.41, 5.74) is 6.24. The monoisotopic (exact) mass is 435 g/mol. The summed E-state index contributed by atoms with van der Waals surface area (Å²) in [5.74, 6) is 0. The summed E-state index contributed by atoms with van der Waals surface area (Å²) in [6, 6.07) is 0. The molecule has 162 valence electrons. The van der Waals surface area contributed by atoms with E-state index in [1.165, 1.54) is 27.7 Å². The van der Waals surface area contributed by atoms with Gasteiger partial charge in [-0.1, -0.05) is 36.3 Å². The van der Waals surface area contributed by atoms with Gasteiger partial charge in [0.05, 0.1) is 23.9 Å². The third-order valence-electron chi connectivity index (χ3n) is 6.09. The summed E-state index contributed by atoms with van der Waals surface area (Å²) in [4.78, 5) is 1.31. The minimum absolute atomic E-state index is 0.106. The molecule has 1 aromatic rings. The van der Waals surface area contributed by atoms with E-state index in [-0.39, 0.29) is 5.41 Å². The van der Waals surface area contributed by atoms with Crippen molar-refractivity contribution < 1.29 is 4.39 Å². The number of hydrogen-bond acceptors (Lipinski definition) is 3. The summed E-state index contributed by atoms with van der Waals surface area (Å²) < 4.78 is 17.0. The molecule has 2 aliphatic carbocycles. The Kier molecular flexibility index (Phi) is 6.63. The van der Waals surface area contributed by atoms with E-state index < -0.39 is 0 Å². The smallest absolute Gasteiger partial charge is 0.0867 e. The maximum atomic E-state index is 12.6. The Morgan fingerprint density at radius 3 is 3.00 bits per heavy atom. The maximum absolute atomic E-state index is 12.6. The molecule has 1 fully saturated rings. The third-order valence-corrected chi connectivity index (χ3v) is 7.12. The number of piperidine rings is 1. The Bertz CT molecular complexity index is 1050. The molecule has 0 radical (unpaired) electrons. The molecule has 4 rings (SSSR count). The number of aromatic nitrogens is 2. The van der Waals surface area contributed by atoms with Crippen LogP contribution < -0.4 is 0 Å². The number of rotatable bonds is 5. The number of allylic oxidation sites excluding steroid dienone is 10. The third kappa shape index (κ3) is 4.78. The highest BCUT2D eigenvalue weighted by atomic mass is 32.2. The summed E-state index contributed by atoms with van der Waals surface area (Å²) >= 11 is 1.88. The standard InChI is InChI=1S/C26H30FN3S/c1-4-8-23(10-7-13-27)30-25-16-22-12-14-29(19-26(22,3)17-21(25)18-28-30)31-24-11-6-5-9-20(2)15-24/h4-8,10-11,13,15-16,18H,9,12,14,17,19H2,1-3H3/b8-4-,13-7+,23-10+. The van der Waals surface area contributed by atoms with Crippen molar-refractivity contribution in [3.8, 4) is 0 Å². The Balaban J connectivity index is 1.57. The second kappa shape index (κ2) is 9.41. The molecule has 0 saturated carbocycles. The SMILES string of the molecule is C\C=C/C(=C\C=C\F)n1ncc2c1C=C1CCN(SC3=CC=CCC(C)=C3)CC1(C)C2. The van der Waals surface area contributed by atoms with Crippen molar-refractivity contribution in [2.24, 2.45) is 5.41 Å². The summed E-state index contributed by atoms with van der Waals surface area (Å²) in [5, 5.41) is 4.64. The fourth-order valence-electron chi connectivity index (χ4n) is 4.56. The van der Waals surface area contributed by atoms with Gasteiger partial charge < -0.3 is 0 Å². The summed E-state index contributed by atoms with van der Waals surface area (Å²) in [6.07, 6.45) is 23.9. The minimum atomic E-state index is 0.106. The molecule has 2 heterocycles. The van der Waals surface area contributed by atoms with E-state index in [4.69, 9.17) is 0 Å². The normalized spacial score (nSPS) is 24.6. The molecule has 0 aromatic carbocycles. The molecule has 0 amide bonds. The number of fused-ring (bicyclic) bond motifs is 2. The van der Waals surface area contributed by atoms with Gasteiger partial charge in [-0.05, 0) is 87.1 Å². The van der Waals surface area contributed by atoms with Crippen molar-refractivity contribution in [1.82, 2.24) is 14.1 Å². The van der Waals surface area contributed by atoms with Gasteiger partial charge in [-0.15, -0.1) is 0 Å². The predicted molar refractivity (Wildman–Crippen MR) is 131 cm³/mol. The van der Waals surface area contributed by atoms with E-state index in [1.807, 2.05) is 41.9 Å². The van der Waals surface area contributed by atoms with E-state index in [0.29, 0.717) is 6.33 Å². The van der Waals surface area contributed by atoms with Gasteiger partial charge in [-0.2, -0.15) is 5.10 Å². The highest BCUT2D eigenvalue weighted by Gasteiger charge is 2.39. The lowest BCUT2D eigenvalue weighted by Gasteiger charge is -2.44. The Morgan fingerprint density at radius 2 is 2.19 bits per heavy atom. The molecule has 31 heavy (non-hydrogen) atoms. The van der Waals surface area contributed by atoms with Crippen molar-refractivity contribution in [3.05, 3.63) is 88.4 Å². The fourth-order valence-corrected chi connectivity index (χ4v) is 5.78. The van der Waals surface area contributed by atoms with Gasteiger partial charge in [0.15, 0.2) is 0 Å². The van der Waals surface area contributed by atoms with Crippen molar-refractivity contribution in [3.63, 3.8) is 0 Å². The molecule has 3 nitrogen and oxygen atoms in total. The van der Waals surface area contributed by atoms with Gasteiger partial charge in [-0.3, -0.25) is 0 Å². The highest BCUT2D eigenvalue weighted by Crippen LogP contribution is 2.46. The van der Waals surface area contributed by atoms with Crippen LogP contribution in [0.3, 0.4) is 0 Å². The zero-order valence-corrected chi connectivity index (χ0v) is 19.3. The van der Waals surface area contributed by atoms with Gasteiger partial charge in [0.25, 0.3) is 0 Å². The molecule has 0 bridgehead atoms. The Morgan fingerprint density at radius 1 is 1.32 bits per heavy atom. The number of hydrogen-bond donors (Lipinski definition) is 0. The van der Waals surface area contributed by atoms with Crippen molar-refractivity contribution in [2.75, 3.05) is 13.1 Å². The van der Waals surface area contributed by atoms with E-state index in [9.17, 15) is 4.39 Å². The molecule has 3 aliphatic rings. The lowest BCUT2D eigenvalue weighted by atomic mass is 9.70. The lowest BCUT2D eigenvalue weighted by molar-refractivity contribution is 0.246. The first-order chi connectivity index (χ1) is 15.0. The molecule has 1 saturated heterocycles. The van der Waals surface area contributed by atoms with Gasteiger partial charge in [0.1, 0.15) is 0 Å². The van der Waals surface area contributed by atoms with Crippen LogP contribution in [0, 0.1) is 5.41 Å². The van der Waals surface area contributed by atoms with E-state index in [0.717, 1.165) is 43.7 Å². The molecule has 0 spiro atoms. The van der Waals surface area contributed by atoms with Crippen LogP contribution in [0.25, 0.3) is 11.8 Å². The quantitative estimate of drug-likeness (QED) is 0.372. The molecule has 1 atom stereocenters. The first-order valence-electron chi connectivity index (χ1n) is 10.9. The molecule has 1 aliphatic heterocycles. The minimum Gasteiger partial charge on any atom is -0.245 e.